The van der Waals surface area contributed by atoms with Crippen LogP contribution in [0.5, 0.6) is 0 Å². The number of benzene rings is 1. The molecule has 1 aromatic carbocycles. The van der Waals surface area contributed by atoms with Crippen molar-refractivity contribution in [2.45, 2.75) is 4.90 Å². The van der Waals surface area contributed by atoms with Crippen LogP contribution in [-0.4, -0.2) is 17.5 Å². The highest BCUT2D eigenvalue weighted by Gasteiger charge is 2.03. The highest BCUT2D eigenvalue weighted by molar-refractivity contribution is 7.93. The predicted octanol–water partition coefficient (Wildman–Crippen LogP) is 2.43. The van der Waals surface area contributed by atoms with Gasteiger partial charge < -0.3 is 0 Å². The van der Waals surface area contributed by atoms with Crippen molar-refractivity contribution in [1.29, 1.82) is 0 Å². The molecule has 2 nitrogen and oxygen atoms in total. The molecule has 0 aliphatic carbocycles. The molecule has 0 N–H and O–H groups in total. The Labute approximate surface area is 77.7 Å². The summed E-state index contributed by atoms with van der Waals surface area (Å²) in [5.74, 6) is 0. The van der Waals surface area contributed by atoms with Gasteiger partial charge in [-0.25, -0.2) is 8.57 Å². The molecule has 0 fully saturated rings. The number of rotatable bonds is 1. The molecule has 0 heterocycles. The fraction of sp³-hybridized carbons (Fsp3) is 0.250. The van der Waals surface area contributed by atoms with Crippen molar-refractivity contribution in [3.8, 4) is 0 Å². The summed E-state index contributed by atoms with van der Waals surface area (Å²) in [5.41, 5.74) is 0. The van der Waals surface area contributed by atoms with E-state index in [0.29, 0.717) is 9.92 Å². The van der Waals surface area contributed by atoms with Crippen molar-refractivity contribution < 1.29 is 4.21 Å². The molecule has 0 aliphatic rings. The minimum atomic E-state index is -2.23. The second-order valence-corrected chi connectivity index (χ2v) is 5.32. The Hall–Kier alpha value is -0.540. The first kappa shape index (κ1) is 9.55. The predicted molar refractivity (Wildman–Crippen MR) is 52.1 cm³/mol. The number of hydrogen-bond acceptors (Lipinski definition) is 2. The number of halogens is 1. The molecule has 0 spiro atoms. The average molecular weight is 204 g/mol. The quantitative estimate of drug-likeness (QED) is 0.690. The molecule has 0 unspecified atom stereocenters. The van der Waals surface area contributed by atoms with Crippen molar-refractivity contribution in [3.05, 3.63) is 29.3 Å². The van der Waals surface area contributed by atoms with Crippen LogP contribution in [0.3, 0.4) is 0 Å². The summed E-state index contributed by atoms with van der Waals surface area (Å²) in [6.07, 6.45) is 1.60. The third-order valence-electron chi connectivity index (χ3n) is 1.58. The first-order valence-corrected chi connectivity index (χ1v) is 5.72. The van der Waals surface area contributed by atoms with E-state index in [2.05, 4.69) is 4.36 Å². The van der Waals surface area contributed by atoms with E-state index < -0.39 is 9.73 Å². The fourth-order valence-corrected chi connectivity index (χ4v) is 1.95. The summed E-state index contributed by atoms with van der Waals surface area (Å²) in [4.78, 5) is 0.678. The van der Waals surface area contributed by atoms with Crippen LogP contribution in [0.4, 0.5) is 0 Å². The first-order valence-electron chi connectivity index (χ1n) is 3.42. The van der Waals surface area contributed by atoms with Crippen LogP contribution in [0.2, 0.25) is 5.02 Å². The second kappa shape index (κ2) is 3.46. The van der Waals surface area contributed by atoms with Gasteiger partial charge in [-0.15, -0.1) is 0 Å². The maximum absolute atomic E-state index is 11.7. The van der Waals surface area contributed by atoms with Crippen molar-refractivity contribution >= 4 is 21.3 Å². The molecule has 4 heteroatoms. The molecule has 1 aromatic rings. The monoisotopic (exact) mass is 203 g/mol. The fourth-order valence-electron chi connectivity index (χ4n) is 0.808. The Kier molecular flexibility index (Phi) is 2.75. The highest BCUT2D eigenvalue weighted by Crippen LogP contribution is 2.16. The summed E-state index contributed by atoms with van der Waals surface area (Å²) in [6, 6.07) is 6.96. The van der Waals surface area contributed by atoms with E-state index >= 15 is 0 Å². The van der Waals surface area contributed by atoms with Crippen LogP contribution >= 0.6 is 11.6 Å². The molecule has 0 saturated heterocycles. The van der Waals surface area contributed by atoms with E-state index in [1.165, 1.54) is 0 Å². The van der Waals surface area contributed by atoms with Gasteiger partial charge >= 0.3 is 0 Å². The molecule has 66 valence electrons. The van der Waals surface area contributed by atoms with Crippen LogP contribution in [0.15, 0.2) is 33.5 Å². The molecule has 0 bridgehead atoms. The Morgan fingerprint density at radius 2 is 2.17 bits per heavy atom. The van der Waals surface area contributed by atoms with Gasteiger partial charge in [-0.3, -0.25) is 0 Å². The lowest BCUT2D eigenvalue weighted by Gasteiger charge is -2.02. The lowest BCUT2D eigenvalue weighted by atomic mass is 10.4. The van der Waals surface area contributed by atoms with Crippen LogP contribution in [0, 0.1) is 0 Å². The Morgan fingerprint density at radius 3 is 2.67 bits per heavy atom. The lowest BCUT2D eigenvalue weighted by molar-refractivity contribution is 0.680. The SMILES string of the molecule is CN=[S@@](C)(=O)c1cccc(Cl)c1. The largest absolute Gasteiger partial charge is 0.245 e. The van der Waals surface area contributed by atoms with E-state index in [0.717, 1.165) is 0 Å². The normalized spacial score (nSPS) is 15.2. The van der Waals surface area contributed by atoms with Gasteiger partial charge in [0.15, 0.2) is 0 Å². The molecule has 0 aromatic heterocycles. The van der Waals surface area contributed by atoms with Gasteiger partial charge in [0.1, 0.15) is 0 Å². The van der Waals surface area contributed by atoms with Crippen molar-refractivity contribution in [3.63, 3.8) is 0 Å². The van der Waals surface area contributed by atoms with Gasteiger partial charge in [0.25, 0.3) is 0 Å². The lowest BCUT2D eigenvalue weighted by Crippen LogP contribution is -1.96. The number of hydrogen-bond donors (Lipinski definition) is 0. The van der Waals surface area contributed by atoms with Gasteiger partial charge in [-0.2, -0.15) is 0 Å². The van der Waals surface area contributed by atoms with Crippen LogP contribution in [0.1, 0.15) is 0 Å². The standard InChI is InChI=1S/C8H10ClNOS/c1-10-12(2,11)8-5-3-4-7(9)6-8/h3-6H,1-2H3/t12-/m0/s1. The van der Waals surface area contributed by atoms with Gasteiger partial charge in [0.2, 0.25) is 0 Å². The Morgan fingerprint density at radius 1 is 1.50 bits per heavy atom. The van der Waals surface area contributed by atoms with E-state index in [9.17, 15) is 4.21 Å². The maximum atomic E-state index is 11.7. The summed E-state index contributed by atoms with van der Waals surface area (Å²) in [6.45, 7) is 0. The van der Waals surface area contributed by atoms with E-state index in [-0.39, 0.29) is 0 Å². The molecule has 0 aliphatic heterocycles. The van der Waals surface area contributed by atoms with E-state index in [1.54, 1.807) is 37.6 Å². The maximum Gasteiger partial charge on any atom is 0.0720 e. The molecule has 1 rings (SSSR count). The summed E-state index contributed by atoms with van der Waals surface area (Å²) in [5, 5.41) is 0.589. The Balaban J connectivity index is 3.31. The topological polar surface area (TPSA) is 29.4 Å². The summed E-state index contributed by atoms with van der Waals surface area (Å²) < 4.78 is 15.5. The minimum Gasteiger partial charge on any atom is -0.245 e. The molecular weight excluding hydrogens is 194 g/mol. The van der Waals surface area contributed by atoms with Gasteiger partial charge in [-0.1, -0.05) is 17.7 Å². The summed E-state index contributed by atoms with van der Waals surface area (Å²) >= 11 is 5.74. The molecular formula is C8H10ClNOS. The first-order chi connectivity index (χ1) is 5.56. The zero-order valence-corrected chi connectivity index (χ0v) is 8.52. The Bertz CT molecular complexity index is 394. The smallest absolute Gasteiger partial charge is 0.0720 e. The van der Waals surface area contributed by atoms with Crippen molar-refractivity contribution in [2.24, 2.45) is 4.36 Å². The minimum absolute atomic E-state index is 0.589. The second-order valence-electron chi connectivity index (χ2n) is 2.44. The molecule has 1 atom stereocenters. The average Bonchev–Trinajstić information content (AvgIpc) is 2.05. The molecule has 0 amide bonds. The zero-order chi connectivity index (χ0) is 9.19. The van der Waals surface area contributed by atoms with Gasteiger partial charge in [-0.05, 0) is 18.2 Å². The van der Waals surface area contributed by atoms with E-state index in [1.807, 2.05) is 0 Å². The molecule has 0 radical (unpaired) electrons. The third kappa shape index (κ3) is 1.99. The van der Waals surface area contributed by atoms with Crippen LogP contribution < -0.4 is 0 Å². The van der Waals surface area contributed by atoms with Crippen LogP contribution in [-0.2, 0) is 9.73 Å². The van der Waals surface area contributed by atoms with Gasteiger partial charge in [0, 0.05) is 23.2 Å². The highest BCUT2D eigenvalue weighted by atomic mass is 35.5. The molecule has 12 heavy (non-hydrogen) atoms. The third-order valence-corrected chi connectivity index (χ3v) is 3.64. The number of nitrogens with zero attached hydrogens (tertiary/aromatic N) is 1. The zero-order valence-electron chi connectivity index (χ0n) is 6.95. The summed E-state index contributed by atoms with van der Waals surface area (Å²) in [7, 11) is -0.685. The van der Waals surface area contributed by atoms with E-state index in [4.69, 9.17) is 11.6 Å². The van der Waals surface area contributed by atoms with Crippen molar-refractivity contribution in [2.75, 3.05) is 13.3 Å². The van der Waals surface area contributed by atoms with Gasteiger partial charge in [0.05, 0.1) is 9.73 Å². The van der Waals surface area contributed by atoms with Crippen molar-refractivity contribution in [1.82, 2.24) is 0 Å². The molecule has 0 saturated carbocycles. The van der Waals surface area contributed by atoms with Crippen LogP contribution in [0.25, 0.3) is 0 Å².